The molecule has 0 fully saturated rings. The average molecular weight is 417 g/mol. The van der Waals surface area contributed by atoms with E-state index in [0.29, 0.717) is 31.1 Å². The number of ether oxygens (including phenoxy) is 1. The number of amides is 2. The molecule has 2 rings (SSSR count). The fourth-order valence-electron chi connectivity index (χ4n) is 3.05. The molecule has 6 heteroatoms. The van der Waals surface area contributed by atoms with E-state index in [1.54, 1.807) is 24.1 Å². The Morgan fingerprint density at radius 3 is 2.31 bits per heavy atom. The molecule has 0 unspecified atom stereocenters. The molecule has 0 radical (unpaired) electrons. The van der Waals surface area contributed by atoms with Crippen molar-refractivity contribution in [2.24, 2.45) is 5.92 Å². The molecule has 0 aliphatic rings. The zero-order valence-electron chi connectivity index (χ0n) is 17.2. The summed E-state index contributed by atoms with van der Waals surface area (Å²) in [4.78, 5) is 27.9. The quantitative estimate of drug-likeness (QED) is 0.590. The maximum absolute atomic E-state index is 13.2. The Hall–Kier alpha value is -2.37. The standard InChI is InChI=1S/C23H29ClN2O3/c1-17(2)23(28)26(16-18-10-12-20(24)13-11-18)21(19-8-5-4-6-9-19)22(27)25-14-7-15-29-3/h4-6,8-13,17,21H,7,14-16H2,1-3H3,(H,25,27)/t21-/m0/s1. The summed E-state index contributed by atoms with van der Waals surface area (Å²) in [5, 5.41) is 3.58. The van der Waals surface area contributed by atoms with Crippen LogP contribution in [0.4, 0.5) is 0 Å². The predicted octanol–water partition coefficient (Wildman–Crippen LogP) is 4.22. The van der Waals surface area contributed by atoms with Crippen LogP contribution in [0, 0.1) is 5.92 Å². The van der Waals surface area contributed by atoms with E-state index in [9.17, 15) is 9.59 Å². The summed E-state index contributed by atoms with van der Waals surface area (Å²) < 4.78 is 5.05. The Bertz CT molecular complexity index is 778. The minimum Gasteiger partial charge on any atom is -0.385 e. The highest BCUT2D eigenvalue weighted by Crippen LogP contribution is 2.26. The minimum atomic E-state index is -0.718. The van der Waals surface area contributed by atoms with E-state index >= 15 is 0 Å². The van der Waals surface area contributed by atoms with Crippen LogP contribution in [0.3, 0.4) is 0 Å². The Morgan fingerprint density at radius 1 is 1.07 bits per heavy atom. The zero-order valence-corrected chi connectivity index (χ0v) is 18.0. The molecule has 2 aromatic rings. The summed E-state index contributed by atoms with van der Waals surface area (Å²) in [6.07, 6.45) is 0.707. The van der Waals surface area contributed by atoms with Gasteiger partial charge in [-0.1, -0.05) is 67.9 Å². The molecule has 5 nitrogen and oxygen atoms in total. The van der Waals surface area contributed by atoms with Gasteiger partial charge < -0.3 is 15.0 Å². The van der Waals surface area contributed by atoms with Crippen molar-refractivity contribution in [2.45, 2.75) is 32.9 Å². The van der Waals surface area contributed by atoms with E-state index in [0.717, 1.165) is 11.1 Å². The predicted molar refractivity (Wildman–Crippen MR) is 116 cm³/mol. The third-order valence-electron chi connectivity index (χ3n) is 4.54. The zero-order chi connectivity index (χ0) is 21.2. The first kappa shape index (κ1) is 22.9. The van der Waals surface area contributed by atoms with Gasteiger partial charge in [-0.15, -0.1) is 0 Å². The molecule has 0 aliphatic heterocycles. The molecule has 1 atom stereocenters. The van der Waals surface area contributed by atoms with E-state index in [2.05, 4.69) is 5.32 Å². The van der Waals surface area contributed by atoms with E-state index in [1.807, 2.05) is 56.3 Å². The smallest absolute Gasteiger partial charge is 0.247 e. The first-order valence-corrected chi connectivity index (χ1v) is 10.2. The minimum absolute atomic E-state index is 0.0826. The van der Waals surface area contributed by atoms with Crippen LogP contribution in [0.15, 0.2) is 54.6 Å². The number of benzene rings is 2. The number of halogens is 1. The molecule has 156 valence electrons. The van der Waals surface area contributed by atoms with Crippen LogP contribution in [0.5, 0.6) is 0 Å². The number of carbonyl (C=O) groups excluding carboxylic acids is 2. The van der Waals surface area contributed by atoms with Gasteiger partial charge in [-0.3, -0.25) is 9.59 Å². The Balaban J connectivity index is 2.35. The molecule has 0 bridgehead atoms. The molecule has 0 aromatic heterocycles. The Morgan fingerprint density at radius 2 is 1.72 bits per heavy atom. The molecule has 0 spiro atoms. The van der Waals surface area contributed by atoms with Gasteiger partial charge in [0.1, 0.15) is 6.04 Å². The third-order valence-corrected chi connectivity index (χ3v) is 4.79. The molecule has 0 aliphatic carbocycles. The highest BCUT2D eigenvalue weighted by atomic mass is 35.5. The Kier molecular flexibility index (Phi) is 9.16. The SMILES string of the molecule is COCCCNC(=O)[C@H](c1ccccc1)N(Cc1ccc(Cl)cc1)C(=O)C(C)C. The van der Waals surface area contributed by atoms with Crippen LogP contribution < -0.4 is 5.32 Å². The average Bonchev–Trinajstić information content (AvgIpc) is 2.72. The molecular formula is C23H29ClN2O3. The molecule has 2 aromatic carbocycles. The molecule has 29 heavy (non-hydrogen) atoms. The van der Waals surface area contributed by atoms with Crippen molar-refractivity contribution in [3.8, 4) is 0 Å². The van der Waals surface area contributed by atoms with Gasteiger partial charge in [-0.2, -0.15) is 0 Å². The van der Waals surface area contributed by atoms with Crippen LogP contribution >= 0.6 is 11.6 Å². The molecule has 1 N–H and O–H groups in total. The lowest BCUT2D eigenvalue weighted by atomic mass is 10.0. The number of nitrogens with one attached hydrogen (secondary N) is 1. The summed E-state index contributed by atoms with van der Waals surface area (Å²) in [5.74, 6) is -0.522. The highest BCUT2D eigenvalue weighted by molar-refractivity contribution is 6.30. The molecular weight excluding hydrogens is 388 g/mol. The number of nitrogens with zero attached hydrogens (tertiary/aromatic N) is 1. The van der Waals surface area contributed by atoms with Crippen molar-refractivity contribution >= 4 is 23.4 Å². The second-order valence-electron chi connectivity index (χ2n) is 7.20. The van der Waals surface area contributed by atoms with Gasteiger partial charge in [0.05, 0.1) is 0 Å². The summed E-state index contributed by atoms with van der Waals surface area (Å²) in [6, 6.07) is 16.0. The van der Waals surface area contributed by atoms with Crippen molar-refractivity contribution < 1.29 is 14.3 Å². The lowest BCUT2D eigenvalue weighted by Crippen LogP contribution is -2.45. The van der Waals surface area contributed by atoms with Gasteiger partial charge in [0, 0.05) is 37.7 Å². The monoisotopic (exact) mass is 416 g/mol. The summed E-state index contributed by atoms with van der Waals surface area (Å²) in [5.41, 5.74) is 1.69. The van der Waals surface area contributed by atoms with Gasteiger partial charge in [0.2, 0.25) is 11.8 Å². The van der Waals surface area contributed by atoms with Crippen molar-refractivity contribution in [1.29, 1.82) is 0 Å². The van der Waals surface area contributed by atoms with Crippen LogP contribution in [-0.4, -0.2) is 37.0 Å². The highest BCUT2D eigenvalue weighted by Gasteiger charge is 2.32. The lowest BCUT2D eigenvalue weighted by Gasteiger charge is -2.33. The number of rotatable bonds is 10. The second kappa shape index (κ2) is 11.6. The van der Waals surface area contributed by atoms with Crippen molar-refractivity contribution in [2.75, 3.05) is 20.3 Å². The van der Waals surface area contributed by atoms with E-state index in [4.69, 9.17) is 16.3 Å². The summed E-state index contributed by atoms with van der Waals surface area (Å²) in [7, 11) is 1.63. The molecule has 0 saturated carbocycles. The fourth-order valence-corrected chi connectivity index (χ4v) is 3.17. The van der Waals surface area contributed by atoms with Gasteiger partial charge in [-0.05, 0) is 29.7 Å². The van der Waals surface area contributed by atoms with E-state index in [1.165, 1.54) is 0 Å². The maximum Gasteiger partial charge on any atom is 0.247 e. The van der Waals surface area contributed by atoms with E-state index < -0.39 is 6.04 Å². The van der Waals surface area contributed by atoms with Crippen molar-refractivity contribution in [3.63, 3.8) is 0 Å². The number of carbonyl (C=O) groups is 2. The van der Waals surface area contributed by atoms with Crippen LogP contribution in [0.1, 0.15) is 37.4 Å². The van der Waals surface area contributed by atoms with Gasteiger partial charge in [0.15, 0.2) is 0 Å². The first-order chi connectivity index (χ1) is 13.9. The Labute approximate surface area is 178 Å². The normalized spacial score (nSPS) is 11.9. The second-order valence-corrected chi connectivity index (χ2v) is 7.63. The van der Waals surface area contributed by atoms with E-state index in [-0.39, 0.29) is 17.7 Å². The lowest BCUT2D eigenvalue weighted by molar-refractivity contribution is -0.144. The van der Waals surface area contributed by atoms with Gasteiger partial charge >= 0.3 is 0 Å². The number of methoxy groups -OCH3 is 1. The molecule has 0 saturated heterocycles. The van der Waals surface area contributed by atoms with Crippen LogP contribution in [0.2, 0.25) is 5.02 Å². The van der Waals surface area contributed by atoms with Crippen LogP contribution in [-0.2, 0) is 20.9 Å². The largest absolute Gasteiger partial charge is 0.385 e. The van der Waals surface area contributed by atoms with Crippen molar-refractivity contribution in [3.05, 3.63) is 70.7 Å². The third kappa shape index (κ3) is 6.87. The summed E-state index contributed by atoms with van der Waals surface area (Å²) in [6.45, 7) is 5.06. The van der Waals surface area contributed by atoms with Crippen molar-refractivity contribution in [1.82, 2.24) is 10.2 Å². The number of hydrogen-bond acceptors (Lipinski definition) is 3. The van der Waals surface area contributed by atoms with Gasteiger partial charge in [0.25, 0.3) is 0 Å². The maximum atomic E-state index is 13.2. The number of hydrogen-bond donors (Lipinski definition) is 1. The first-order valence-electron chi connectivity index (χ1n) is 9.80. The molecule has 0 heterocycles. The molecule has 2 amide bonds. The van der Waals surface area contributed by atoms with Crippen LogP contribution in [0.25, 0.3) is 0 Å². The topological polar surface area (TPSA) is 58.6 Å². The fraction of sp³-hybridized carbons (Fsp3) is 0.391. The summed E-state index contributed by atoms with van der Waals surface area (Å²) >= 11 is 6.00. The van der Waals surface area contributed by atoms with Gasteiger partial charge in [-0.25, -0.2) is 0 Å².